The highest BCUT2D eigenvalue weighted by atomic mass is 79.9. The van der Waals surface area contributed by atoms with Gasteiger partial charge in [0.15, 0.2) is 0 Å². The van der Waals surface area contributed by atoms with E-state index in [-0.39, 0.29) is 11.2 Å². The summed E-state index contributed by atoms with van der Waals surface area (Å²) in [6.07, 6.45) is 3.06. The minimum Gasteiger partial charge on any atom is -0.330 e. The summed E-state index contributed by atoms with van der Waals surface area (Å²) in [5.74, 6) is -0.126. The van der Waals surface area contributed by atoms with E-state index in [1.54, 1.807) is 0 Å². The second-order valence-electron chi connectivity index (χ2n) is 4.12. The lowest BCUT2D eigenvalue weighted by molar-refractivity contribution is 0.500. The van der Waals surface area contributed by atoms with E-state index in [2.05, 4.69) is 15.9 Å². The van der Waals surface area contributed by atoms with Crippen LogP contribution in [0.15, 0.2) is 22.7 Å². The van der Waals surface area contributed by atoms with Crippen molar-refractivity contribution in [3.8, 4) is 0 Å². The molecule has 0 atom stereocenters. The predicted octanol–water partition coefficient (Wildman–Crippen LogP) is 2.87. The van der Waals surface area contributed by atoms with Crippen LogP contribution in [0.3, 0.4) is 0 Å². The van der Waals surface area contributed by atoms with Crippen molar-refractivity contribution in [3.05, 3.63) is 34.1 Å². The van der Waals surface area contributed by atoms with Crippen LogP contribution in [0.5, 0.6) is 0 Å². The van der Waals surface area contributed by atoms with Gasteiger partial charge in [0, 0.05) is 4.47 Å². The summed E-state index contributed by atoms with van der Waals surface area (Å²) in [5.41, 5.74) is 6.66. The molecule has 1 fully saturated rings. The van der Waals surface area contributed by atoms with E-state index in [9.17, 15) is 4.39 Å². The maximum atomic E-state index is 13.5. The molecule has 0 heterocycles. The van der Waals surface area contributed by atoms with Crippen LogP contribution >= 0.6 is 15.9 Å². The summed E-state index contributed by atoms with van der Waals surface area (Å²) >= 11 is 3.24. The Hall–Kier alpha value is -0.410. The van der Waals surface area contributed by atoms with Gasteiger partial charge in [0.25, 0.3) is 0 Å². The minimum absolute atomic E-state index is 0.126. The minimum atomic E-state index is -0.126. The van der Waals surface area contributed by atoms with Crippen molar-refractivity contribution in [2.45, 2.75) is 19.3 Å². The highest BCUT2D eigenvalue weighted by Gasteiger charge is 2.41. The fraction of sp³-hybridized carbons (Fsp3) is 0.455. The zero-order valence-corrected chi connectivity index (χ0v) is 9.48. The van der Waals surface area contributed by atoms with Crippen molar-refractivity contribution in [2.75, 3.05) is 6.54 Å². The van der Waals surface area contributed by atoms with Crippen molar-refractivity contribution in [1.82, 2.24) is 0 Å². The van der Waals surface area contributed by atoms with Gasteiger partial charge in [0.2, 0.25) is 0 Å². The van der Waals surface area contributed by atoms with Crippen molar-refractivity contribution in [3.63, 3.8) is 0 Å². The fourth-order valence-corrected chi connectivity index (χ4v) is 2.03. The van der Waals surface area contributed by atoms with Gasteiger partial charge < -0.3 is 5.73 Å². The van der Waals surface area contributed by atoms with Gasteiger partial charge in [-0.1, -0.05) is 22.0 Å². The highest BCUT2D eigenvalue weighted by molar-refractivity contribution is 9.10. The third-order valence-electron chi connectivity index (χ3n) is 2.97. The smallest absolute Gasteiger partial charge is 0.127 e. The standard InChI is InChI=1S/C11H13BrFN/c12-9-2-1-8(10(13)5-9)6-11(7-14)3-4-11/h1-2,5H,3-4,6-7,14H2. The number of benzene rings is 1. The lowest BCUT2D eigenvalue weighted by atomic mass is 9.96. The summed E-state index contributed by atoms with van der Waals surface area (Å²) in [6, 6.07) is 5.24. The number of halogens is 2. The maximum absolute atomic E-state index is 13.5. The monoisotopic (exact) mass is 257 g/mol. The van der Waals surface area contributed by atoms with E-state index >= 15 is 0 Å². The van der Waals surface area contributed by atoms with Crippen molar-refractivity contribution >= 4 is 15.9 Å². The zero-order valence-electron chi connectivity index (χ0n) is 7.89. The molecule has 0 unspecified atom stereocenters. The first-order valence-corrected chi connectivity index (χ1v) is 5.59. The first-order valence-electron chi connectivity index (χ1n) is 4.79. The van der Waals surface area contributed by atoms with Crippen LogP contribution in [0.2, 0.25) is 0 Å². The van der Waals surface area contributed by atoms with Gasteiger partial charge in [0.05, 0.1) is 0 Å². The number of rotatable bonds is 3. The molecule has 1 aromatic rings. The van der Waals surface area contributed by atoms with Gasteiger partial charge in [-0.05, 0) is 48.9 Å². The second-order valence-corrected chi connectivity index (χ2v) is 5.03. The Morgan fingerprint density at radius 3 is 2.64 bits per heavy atom. The molecule has 0 spiro atoms. The van der Waals surface area contributed by atoms with Gasteiger partial charge in [-0.15, -0.1) is 0 Å². The second kappa shape index (κ2) is 3.63. The molecule has 1 aliphatic rings. The molecule has 14 heavy (non-hydrogen) atoms. The van der Waals surface area contributed by atoms with Crippen LogP contribution in [-0.4, -0.2) is 6.54 Å². The molecule has 0 aromatic heterocycles. The Kier molecular flexibility index (Phi) is 2.62. The van der Waals surface area contributed by atoms with Crippen molar-refractivity contribution in [2.24, 2.45) is 11.1 Å². The van der Waals surface area contributed by atoms with E-state index in [0.29, 0.717) is 6.54 Å². The van der Waals surface area contributed by atoms with E-state index in [1.165, 1.54) is 6.07 Å². The molecule has 0 aliphatic heterocycles. The fourth-order valence-electron chi connectivity index (χ4n) is 1.70. The third-order valence-corrected chi connectivity index (χ3v) is 3.46. The molecule has 3 heteroatoms. The quantitative estimate of drug-likeness (QED) is 0.886. The molecule has 1 saturated carbocycles. The number of hydrogen-bond acceptors (Lipinski definition) is 1. The topological polar surface area (TPSA) is 26.0 Å². The predicted molar refractivity (Wildman–Crippen MR) is 58.5 cm³/mol. The van der Waals surface area contributed by atoms with Gasteiger partial charge in [-0.2, -0.15) is 0 Å². The van der Waals surface area contributed by atoms with Gasteiger partial charge in [-0.25, -0.2) is 4.39 Å². The summed E-state index contributed by atoms with van der Waals surface area (Å²) in [7, 11) is 0. The van der Waals surface area contributed by atoms with E-state index in [0.717, 1.165) is 29.3 Å². The molecule has 76 valence electrons. The molecular formula is C11H13BrFN. The van der Waals surface area contributed by atoms with Gasteiger partial charge >= 0.3 is 0 Å². The van der Waals surface area contributed by atoms with Crippen LogP contribution in [0.4, 0.5) is 4.39 Å². The van der Waals surface area contributed by atoms with Crippen molar-refractivity contribution < 1.29 is 4.39 Å². The summed E-state index contributed by atoms with van der Waals surface area (Å²) in [5, 5.41) is 0. The first kappa shape index (κ1) is 10.1. The third kappa shape index (κ3) is 1.98. The maximum Gasteiger partial charge on any atom is 0.127 e. The first-order chi connectivity index (χ1) is 6.65. The Bertz CT molecular complexity index is 347. The van der Waals surface area contributed by atoms with E-state index in [4.69, 9.17) is 5.73 Å². The molecule has 1 aliphatic carbocycles. The lowest BCUT2D eigenvalue weighted by Gasteiger charge is -2.12. The Balaban J connectivity index is 2.17. The molecule has 1 aromatic carbocycles. The van der Waals surface area contributed by atoms with E-state index in [1.807, 2.05) is 12.1 Å². The number of nitrogens with two attached hydrogens (primary N) is 1. The molecule has 0 amide bonds. The molecule has 0 saturated heterocycles. The van der Waals surface area contributed by atoms with Crippen LogP contribution < -0.4 is 5.73 Å². The van der Waals surface area contributed by atoms with Gasteiger partial charge in [0.1, 0.15) is 5.82 Å². The Labute approximate surface area is 91.6 Å². The average Bonchev–Trinajstić information content (AvgIpc) is 2.91. The molecule has 1 nitrogen and oxygen atoms in total. The van der Waals surface area contributed by atoms with Crippen LogP contribution in [0.1, 0.15) is 18.4 Å². The molecular weight excluding hydrogens is 245 g/mol. The summed E-state index contributed by atoms with van der Waals surface area (Å²) < 4.78 is 14.3. The Morgan fingerprint density at radius 2 is 2.14 bits per heavy atom. The molecule has 0 radical (unpaired) electrons. The van der Waals surface area contributed by atoms with Gasteiger partial charge in [-0.3, -0.25) is 0 Å². The van der Waals surface area contributed by atoms with Crippen LogP contribution in [0, 0.1) is 11.2 Å². The lowest BCUT2D eigenvalue weighted by Crippen LogP contribution is -2.18. The average molecular weight is 258 g/mol. The highest BCUT2D eigenvalue weighted by Crippen LogP contribution is 2.47. The van der Waals surface area contributed by atoms with Crippen molar-refractivity contribution in [1.29, 1.82) is 0 Å². The normalized spacial score (nSPS) is 18.2. The molecule has 0 bridgehead atoms. The zero-order chi connectivity index (χ0) is 10.2. The largest absolute Gasteiger partial charge is 0.330 e. The molecule has 2 N–H and O–H groups in total. The SMILES string of the molecule is NCC1(Cc2ccc(Br)cc2F)CC1. The van der Waals surface area contributed by atoms with Crippen LogP contribution in [-0.2, 0) is 6.42 Å². The molecule has 2 rings (SSSR count). The van der Waals surface area contributed by atoms with E-state index < -0.39 is 0 Å². The number of hydrogen-bond donors (Lipinski definition) is 1. The Morgan fingerprint density at radius 1 is 1.43 bits per heavy atom. The summed E-state index contributed by atoms with van der Waals surface area (Å²) in [6.45, 7) is 0.669. The summed E-state index contributed by atoms with van der Waals surface area (Å²) in [4.78, 5) is 0. The van der Waals surface area contributed by atoms with Crippen LogP contribution in [0.25, 0.3) is 0 Å².